The highest BCUT2D eigenvalue weighted by atomic mass is 16.2. The van der Waals surface area contributed by atoms with E-state index in [0.29, 0.717) is 17.9 Å². The largest absolute Gasteiger partial charge is 0.348 e. The number of nitrogens with zero attached hydrogens (tertiary/aromatic N) is 1. The van der Waals surface area contributed by atoms with Gasteiger partial charge in [0.1, 0.15) is 0 Å². The van der Waals surface area contributed by atoms with Crippen LogP contribution in [-0.2, 0) is 4.79 Å². The van der Waals surface area contributed by atoms with Crippen molar-refractivity contribution < 1.29 is 9.59 Å². The van der Waals surface area contributed by atoms with Gasteiger partial charge in [0, 0.05) is 30.3 Å². The van der Waals surface area contributed by atoms with Gasteiger partial charge < -0.3 is 15.5 Å². The lowest BCUT2D eigenvalue weighted by atomic mass is 10.0. The van der Waals surface area contributed by atoms with E-state index in [4.69, 9.17) is 0 Å². The molecule has 0 spiro atoms. The molecule has 0 aliphatic carbocycles. The van der Waals surface area contributed by atoms with Crippen LogP contribution in [0.5, 0.6) is 0 Å². The average Bonchev–Trinajstić information content (AvgIpc) is 2.48. The Balaban J connectivity index is 1.97. The van der Waals surface area contributed by atoms with Crippen molar-refractivity contribution in [1.82, 2.24) is 10.2 Å². The van der Waals surface area contributed by atoms with Crippen molar-refractivity contribution in [3.05, 3.63) is 29.3 Å². The second-order valence-corrected chi connectivity index (χ2v) is 7.25. The Kier molecular flexibility index (Phi) is 6.37. The van der Waals surface area contributed by atoms with Crippen molar-refractivity contribution in [2.24, 2.45) is 5.92 Å². The van der Waals surface area contributed by atoms with Crippen LogP contribution in [0.25, 0.3) is 0 Å². The number of likely N-dealkylation sites (N-methyl/N-ethyl adjacent to an activating group) is 1. The monoisotopic (exact) mass is 331 g/mol. The van der Waals surface area contributed by atoms with Gasteiger partial charge in [0.2, 0.25) is 5.91 Å². The van der Waals surface area contributed by atoms with Crippen molar-refractivity contribution in [2.75, 3.05) is 25.5 Å². The molecule has 0 saturated carbocycles. The maximum Gasteiger partial charge on any atom is 0.251 e. The third-order valence-electron chi connectivity index (χ3n) is 4.32. The first-order chi connectivity index (χ1) is 11.3. The summed E-state index contributed by atoms with van der Waals surface area (Å²) in [5.74, 6) is 0.290. The molecule has 2 amide bonds. The third kappa shape index (κ3) is 5.34. The summed E-state index contributed by atoms with van der Waals surface area (Å²) in [5, 5.41) is 6.03. The van der Waals surface area contributed by atoms with E-state index in [2.05, 4.69) is 22.6 Å². The van der Waals surface area contributed by atoms with Gasteiger partial charge in [-0.2, -0.15) is 0 Å². The molecule has 1 aromatic carbocycles. The SMILES string of the molecule is Cc1cc(C(=O)NC2CCCN(C)C2)ccc1NC(=O)CC(C)C. The summed E-state index contributed by atoms with van der Waals surface area (Å²) < 4.78 is 0. The van der Waals surface area contributed by atoms with Crippen molar-refractivity contribution in [3.63, 3.8) is 0 Å². The topological polar surface area (TPSA) is 61.4 Å². The van der Waals surface area contributed by atoms with E-state index < -0.39 is 0 Å². The number of piperidine rings is 1. The number of aryl methyl sites for hydroxylation is 1. The Bertz CT molecular complexity index is 598. The van der Waals surface area contributed by atoms with Gasteiger partial charge in [0.05, 0.1) is 0 Å². The zero-order valence-corrected chi connectivity index (χ0v) is 15.2. The quantitative estimate of drug-likeness (QED) is 0.872. The summed E-state index contributed by atoms with van der Waals surface area (Å²) in [5.41, 5.74) is 2.32. The van der Waals surface area contributed by atoms with E-state index in [1.54, 1.807) is 6.07 Å². The molecule has 132 valence electrons. The number of carbonyl (C=O) groups excluding carboxylic acids is 2. The van der Waals surface area contributed by atoms with E-state index in [9.17, 15) is 9.59 Å². The molecule has 1 aromatic rings. The normalized spacial score (nSPS) is 18.5. The van der Waals surface area contributed by atoms with Gasteiger partial charge in [-0.15, -0.1) is 0 Å². The Labute approximate surface area is 144 Å². The fraction of sp³-hybridized carbons (Fsp3) is 0.579. The second-order valence-electron chi connectivity index (χ2n) is 7.25. The Morgan fingerprint density at radius 3 is 2.71 bits per heavy atom. The van der Waals surface area contributed by atoms with Crippen LogP contribution < -0.4 is 10.6 Å². The summed E-state index contributed by atoms with van der Waals surface area (Å²) in [6.07, 6.45) is 2.64. The number of hydrogen-bond donors (Lipinski definition) is 2. The van der Waals surface area contributed by atoms with Gasteiger partial charge in [-0.3, -0.25) is 9.59 Å². The maximum atomic E-state index is 12.4. The predicted molar refractivity (Wildman–Crippen MR) is 97.2 cm³/mol. The fourth-order valence-electron chi connectivity index (χ4n) is 3.07. The van der Waals surface area contributed by atoms with Gasteiger partial charge in [0.25, 0.3) is 5.91 Å². The Morgan fingerprint density at radius 1 is 1.33 bits per heavy atom. The molecule has 5 heteroatoms. The highest BCUT2D eigenvalue weighted by Crippen LogP contribution is 2.18. The number of benzene rings is 1. The lowest BCUT2D eigenvalue weighted by molar-refractivity contribution is -0.116. The first-order valence-corrected chi connectivity index (χ1v) is 8.75. The molecule has 1 aliphatic rings. The first kappa shape index (κ1) is 18.5. The van der Waals surface area contributed by atoms with Crippen LogP contribution in [0.15, 0.2) is 18.2 Å². The number of hydrogen-bond acceptors (Lipinski definition) is 3. The molecular formula is C19H29N3O2. The van der Waals surface area contributed by atoms with Crippen molar-refractivity contribution in [2.45, 2.75) is 46.1 Å². The molecule has 24 heavy (non-hydrogen) atoms. The fourth-order valence-corrected chi connectivity index (χ4v) is 3.07. The molecule has 1 saturated heterocycles. The highest BCUT2D eigenvalue weighted by Gasteiger charge is 2.20. The minimum Gasteiger partial charge on any atom is -0.348 e. The standard InChI is InChI=1S/C19H29N3O2/c1-13(2)10-18(23)21-17-8-7-15(11-14(17)3)19(24)20-16-6-5-9-22(4)12-16/h7-8,11,13,16H,5-6,9-10,12H2,1-4H3,(H,20,24)(H,21,23). The number of rotatable bonds is 5. The van der Waals surface area contributed by atoms with Crippen LogP contribution >= 0.6 is 0 Å². The van der Waals surface area contributed by atoms with Crippen LogP contribution in [0.3, 0.4) is 0 Å². The Morgan fingerprint density at radius 2 is 2.08 bits per heavy atom. The van der Waals surface area contributed by atoms with E-state index in [1.807, 2.05) is 32.9 Å². The molecule has 1 atom stereocenters. The average molecular weight is 331 g/mol. The van der Waals surface area contributed by atoms with Crippen LogP contribution in [0.4, 0.5) is 5.69 Å². The van der Waals surface area contributed by atoms with Gasteiger partial charge in [-0.1, -0.05) is 13.8 Å². The number of likely N-dealkylation sites (tertiary alicyclic amines) is 1. The van der Waals surface area contributed by atoms with E-state index in [0.717, 1.165) is 37.2 Å². The zero-order valence-electron chi connectivity index (χ0n) is 15.2. The molecule has 1 heterocycles. The van der Waals surface area contributed by atoms with Gasteiger partial charge in [-0.05, 0) is 63.0 Å². The smallest absolute Gasteiger partial charge is 0.251 e. The molecule has 0 bridgehead atoms. The summed E-state index contributed by atoms with van der Waals surface area (Å²) in [4.78, 5) is 26.6. The van der Waals surface area contributed by atoms with Crippen LogP contribution in [0.1, 0.15) is 49.0 Å². The molecule has 0 aromatic heterocycles. The molecule has 1 aliphatic heterocycles. The molecule has 1 unspecified atom stereocenters. The number of carbonyl (C=O) groups is 2. The van der Waals surface area contributed by atoms with E-state index >= 15 is 0 Å². The molecule has 2 N–H and O–H groups in total. The lowest BCUT2D eigenvalue weighted by Gasteiger charge is -2.30. The van der Waals surface area contributed by atoms with Crippen LogP contribution in [0.2, 0.25) is 0 Å². The molecule has 0 radical (unpaired) electrons. The summed E-state index contributed by atoms with van der Waals surface area (Å²) in [6.45, 7) is 7.94. The van der Waals surface area contributed by atoms with Crippen LogP contribution in [-0.4, -0.2) is 42.9 Å². The number of nitrogens with one attached hydrogen (secondary N) is 2. The first-order valence-electron chi connectivity index (χ1n) is 8.75. The van der Waals surface area contributed by atoms with Crippen LogP contribution in [0, 0.1) is 12.8 Å². The highest BCUT2D eigenvalue weighted by molar-refractivity contribution is 5.96. The van der Waals surface area contributed by atoms with Gasteiger partial charge >= 0.3 is 0 Å². The summed E-state index contributed by atoms with van der Waals surface area (Å²) >= 11 is 0. The molecule has 2 rings (SSSR count). The van der Waals surface area contributed by atoms with E-state index in [1.165, 1.54) is 0 Å². The molecule has 5 nitrogen and oxygen atoms in total. The number of anilines is 1. The molecular weight excluding hydrogens is 302 g/mol. The van der Waals surface area contributed by atoms with Gasteiger partial charge in [0.15, 0.2) is 0 Å². The summed E-state index contributed by atoms with van der Waals surface area (Å²) in [7, 11) is 2.08. The molecule has 1 fully saturated rings. The van der Waals surface area contributed by atoms with Crippen molar-refractivity contribution in [1.29, 1.82) is 0 Å². The zero-order chi connectivity index (χ0) is 17.7. The van der Waals surface area contributed by atoms with Crippen molar-refractivity contribution >= 4 is 17.5 Å². The second kappa shape index (κ2) is 8.29. The lowest BCUT2D eigenvalue weighted by Crippen LogP contribution is -2.46. The van der Waals surface area contributed by atoms with Crippen molar-refractivity contribution in [3.8, 4) is 0 Å². The van der Waals surface area contributed by atoms with E-state index in [-0.39, 0.29) is 17.9 Å². The minimum absolute atomic E-state index is 0.00976. The minimum atomic E-state index is -0.0431. The van der Waals surface area contributed by atoms with Gasteiger partial charge in [-0.25, -0.2) is 0 Å². The predicted octanol–water partition coefficient (Wildman–Crippen LogP) is 2.80. The number of amides is 2. The maximum absolute atomic E-state index is 12.4. The summed E-state index contributed by atoms with van der Waals surface area (Å²) in [6, 6.07) is 5.64. The third-order valence-corrected chi connectivity index (χ3v) is 4.32. The Hall–Kier alpha value is -1.88.